The molecular formula is C12H11ClO4. The molecule has 0 aromatic heterocycles. The van der Waals surface area contributed by atoms with Crippen molar-refractivity contribution in [2.45, 2.75) is 0 Å². The fraction of sp³-hybridized carbons (Fsp3) is 0.167. The Morgan fingerprint density at radius 2 is 2.18 bits per heavy atom. The van der Waals surface area contributed by atoms with E-state index in [9.17, 15) is 9.59 Å². The first-order chi connectivity index (χ1) is 8.10. The van der Waals surface area contributed by atoms with Gasteiger partial charge in [-0.2, -0.15) is 0 Å². The lowest BCUT2D eigenvalue weighted by atomic mass is 10.1. The van der Waals surface area contributed by atoms with Crippen LogP contribution < -0.4 is 4.74 Å². The van der Waals surface area contributed by atoms with Crippen molar-refractivity contribution in [2.24, 2.45) is 0 Å². The largest absolute Gasteiger partial charge is 0.489 e. The van der Waals surface area contributed by atoms with Crippen molar-refractivity contribution < 1.29 is 19.1 Å². The third-order valence-corrected chi connectivity index (χ3v) is 2.19. The second-order valence-corrected chi connectivity index (χ2v) is 3.42. The summed E-state index contributed by atoms with van der Waals surface area (Å²) in [6.45, 7) is 3.75. The van der Waals surface area contributed by atoms with Crippen LogP contribution in [-0.4, -0.2) is 24.9 Å². The fourth-order valence-electron chi connectivity index (χ4n) is 1.20. The van der Waals surface area contributed by atoms with Gasteiger partial charge in [-0.05, 0) is 29.8 Å². The summed E-state index contributed by atoms with van der Waals surface area (Å²) in [6.07, 6.45) is 1.54. The minimum atomic E-state index is -0.648. The molecule has 4 nitrogen and oxygen atoms in total. The Kier molecular flexibility index (Phi) is 4.72. The number of hydrogen-bond donors (Lipinski definition) is 0. The molecule has 0 atom stereocenters. The summed E-state index contributed by atoms with van der Waals surface area (Å²) in [6, 6.07) is 4.30. The van der Waals surface area contributed by atoms with Gasteiger partial charge in [-0.3, -0.25) is 4.79 Å². The number of halogens is 1. The predicted molar refractivity (Wildman–Crippen MR) is 63.7 cm³/mol. The van der Waals surface area contributed by atoms with Gasteiger partial charge in [-0.15, -0.1) is 0 Å². The summed E-state index contributed by atoms with van der Waals surface area (Å²) >= 11 is 5.33. The molecule has 1 rings (SSSR count). The average molecular weight is 255 g/mol. The lowest BCUT2D eigenvalue weighted by molar-refractivity contribution is 0.0596. The van der Waals surface area contributed by atoms with Gasteiger partial charge in [0.25, 0.3) is 5.24 Å². The van der Waals surface area contributed by atoms with Gasteiger partial charge in [0, 0.05) is 5.56 Å². The van der Waals surface area contributed by atoms with Crippen LogP contribution in [0.4, 0.5) is 0 Å². The van der Waals surface area contributed by atoms with E-state index in [-0.39, 0.29) is 17.7 Å². The molecule has 0 radical (unpaired) electrons. The second kappa shape index (κ2) is 6.06. The van der Waals surface area contributed by atoms with Gasteiger partial charge in [0.05, 0.1) is 7.11 Å². The zero-order valence-electron chi connectivity index (χ0n) is 9.23. The second-order valence-electron chi connectivity index (χ2n) is 3.08. The van der Waals surface area contributed by atoms with Crippen LogP contribution >= 0.6 is 11.6 Å². The third-order valence-electron chi connectivity index (χ3n) is 1.97. The van der Waals surface area contributed by atoms with E-state index in [4.69, 9.17) is 16.3 Å². The van der Waals surface area contributed by atoms with Crippen LogP contribution in [0.15, 0.2) is 30.9 Å². The van der Waals surface area contributed by atoms with Crippen LogP contribution in [0.3, 0.4) is 0 Å². The number of rotatable bonds is 5. The van der Waals surface area contributed by atoms with Gasteiger partial charge >= 0.3 is 5.97 Å². The highest BCUT2D eigenvalue weighted by Crippen LogP contribution is 2.22. The number of esters is 1. The van der Waals surface area contributed by atoms with Crippen molar-refractivity contribution in [1.29, 1.82) is 0 Å². The van der Waals surface area contributed by atoms with Gasteiger partial charge in [0.2, 0.25) is 0 Å². The minimum Gasteiger partial charge on any atom is -0.489 e. The van der Waals surface area contributed by atoms with Crippen molar-refractivity contribution in [1.82, 2.24) is 0 Å². The van der Waals surface area contributed by atoms with E-state index in [1.807, 2.05) is 0 Å². The van der Waals surface area contributed by atoms with E-state index >= 15 is 0 Å². The SMILES string of the molecule is C=CCOc1ccc(C(=O)Cl)cc1C(=O)OC. The summed E-state index contributed by atoms with van der Waals surface area (Å²) in [5, 5.41) is -0.648. The van der Waals surface area contributed by atoms with Crippen molar-refractivity contribution in [3.8, 4) is 5.75 Å². The molecule has 0 saturated heterocycles. The molecule has 0 bridgehead atoms. The standard InChI is InChI=1S/C12H11ClO4/c1-3-6-17-10-5-4-8(11(13)14)7-9(10)12(15)16-2/h3-5,7H,1,6H2,2H3. The Bertz CT molecular complexity index is 454. The van der Waals surface area contributed by atoms with Crippen LogP contribution in [0.1, 0.15) is 20.7 Å². The molecule has 0 fully saturated rings. The number of carbonyl (C=O) groups excluding carboxylic acids is 2. The molecular weight excluding hydrogens is 244 g/mol. The molecule has 0 aliphatic carbocycles. The van der Waals surface area contributed by atoms with Crippen molar-refractivity contribution in [3.63, 3.8) is 0 Å². The van der Waals surface area contributed by atoms with Gasteiger partial charge in [-0.25, -0.2) is 4.79 Å². The Labute approximate surface area is 104 Å². The predicted octanol–water partition coefficient (Wildman–Crippen LogP) is 2.42. The average Bonchev–Trinajstić information content (AvgIpc) is 2.35. The highest BCUT2D eigenvalue weighted by molar-refractivity contribution is 6.67. The maximum Gasteiger partial charge on any atom is 0.341 e. The zero-order chi connectivity index (χ0) is 12.8. The van der Waals surface area contributed by atoms with Crippen LogP contribution in [-0.2, 0) is 4.74 Å². The van der Waals surface area contributed by atoms with E-state index in [1.165, 1.54) is 25.3 Å². The first kappa shape index (κ1) is 13.3. The van der Waals surface area contributed by atoms with E-state index in [0.29, 0.717) is 5.75 Å². The Balaban J connectivity index is 3.16. The van der Waals surface area contributed by atoms with Gasteiger partial charge < -0.3 is 9.47 Å². The number of benzene rings is 1. The molecule has 0 heterocycles. The van der Waals surface area contributed by atoms with E-state index in [0.717, 1.165) is 0 Å². The molecule has 0 saturated carbocycles. The highest BCUT2D eigenvalue weighted by atomic mass is 35.5. The molecule has 1 aromatic carbocycles. The topological polar surface area (TPSA) is 52.6 Å². The molecule has 0 aliphatic heterocycles. The number of methoxy groups -OCH3 is 1. The first-order valence-electron chi connectivity index (χ1n) is 4.76. The Morgan fingerprint density at radius 1 is 1.47 bits per heavy atom. The van der Waals surface area contributed by atoms with Crippen LogP contribution in [0.5, 0.6) is 5.75 Å². The van der Waals surface area contributed by atoms with Gasteiger partial charge in [-0.1, -0.05) is 12.7 Å². The Hall–Kier alpha value is -1.81. The Morgan fingerprint density at radius 3 is 2.71 bits per heavy atom. The molecule has 1 aromatic rings. The number of hydrogen-bond acceptors (Lipinski definition) is 4. The maximum atomic E-state index is 11.5. The smallest absolute Gasteiger partial charge is 0.341 e. The summed E-state index contributed by atoms with van der Waals surface area (Å²) in [7, 11) is 1.24. The maximum absolute atomic E-state index is 11.5. The van der Waals surface area contributed by atoms with Crippen LogP contribution in [0, 0.1) is 0 Å². The monoisotopic (exact) mass is 254 g/mol. The molecule has 0 N–H and O–H groups in total. The molecule has 0 aliphatic rings. The first-order valence-corrected chi connectivity index (χ1v) is 5.13. The zero-order valence-corrected chi connectivity index (χ0v) is 9.99. The third kappa shape index (κ3) is 3.32. The normalized spacial score (nSPS) is 9.53. The molecule has 0 unspecified atom stereocenters. The van der Waals surface area contributed by atoms with Gasteiger partial charge in [0.1, 0.15) is 17.9 Å². The summed E-state index contributed by atoms with van der Waals surface area (Å²) in [5.41, 5.74) is 0.360. The van der Waals surface area contributed by atoms with Gasteiger partial charge in [0.15, 0.2) is 0 Å². The number of ether oxygens (including phenoxy) is 2. The lowest BCUT2D eigenvalue weighted by Gasteiger charge is -2.09. The molecule has 0 spiro atoms. The quantitative estimate of drug-likeness (QED) is 0.460. The highest BCUT2D eigenvalue weighted by Gasteiger charge is 2.15. The fourth-order valence-corrected chi connectivity index (χ4v) is 1.31. The summed E-state index contributed by atoms with van der Waals surface area (Å²) in [5.74, 6) is -0.276. The molecule has 0 amide bonds. The summed E-state index contributed by atoms with van der Waals surface area (Å²) < 4.78 is 9.86. The van der Waals surface area contributed by atoms with Crippen molar-refractivity contribution in [2.75, 3.05) is 13.7 Å². The van der Waals surface area contributed by atoms with Crippen molar-refractivity contribution in [3.05, 3.63) is 42.0 Å². The number of carbonyl (C=O) groups is 2. The van der Waals surface area contributed by atoms with E-state index in [2.05, 4.69) is 11.3 Å². The molecule has 17 heavy (non-hydrogen) atoms. The van der Waals surface area contributed by atoms with Crippen molar-refractivity contribution >= 4 is 22.8 Å². The molecule has 90 valence electrons. The summed E-state index contributed by atoms with van der Waals surface area (Å²) in [4.78, 5) is 22.5. The van der Waals surface area contributed by atoms with Crippen LogP contribution in [0.25, 0.3) is 0 Å². The van der Waals surface area contributed by atoms with E-state index in [1.54, 1.807) is 6.08 Å². The lowest BCUT2D eigenvalue weighted by Crippen LogP contribution is -2.07. The minimum absolute atomic E-state index is 0.154. The molecule has 5 heteroatoms. The van der Waals surface area contributed by atoms with E-state index < -0.39 is 11.2 Å². The van der Waals surface area contributed by atoms with Crippen LogP contribution in [0.2, 0.25) is 0 Å².